The van der Waals surface area contributed by atoms with Gasteiger partial charge in [0.1, 0.15) is 12.1 Å². The summed E-state index contributed by atoms with van der Waals surface area (Å²) >= 11 is 1.19. The third kappa shape index (κ3) is 4.16. The van der Waals surface area contributed by atoms with E-state index >= 15 is 0 Å². The Kier molecular flexibility index (Phi) is 6.08. The predicted octanol–water partition coefficient (Wildman–Crippen LogP) is 2.70. The lowest BCUT2D eigenvalue weighted by molar-refractivity contribution is 0.174. The van der Waals surface area contributed by atoms with Gasteiger partial charge in [0.05, 0.1) is 17.3 Å². The van der Waals surface area contributed by atoms with Crippen molar-refractivity contribution in [3.8, 4) is 22.8 Å². The van der Waals surface area contributed by atoms with Gasteiger partial charge < -0.3 is 24.2 Å². The van der Waals surface area contributed by atoms with E-state index in [4.69, 9.17) is 19.6 Å². The first-order valence-corrected chi connectivity index (χ1v) is 15.2. The molecule has 3 aromatic heterocycles. The van der Waals surface area contributed by atoms with Crippen LogP contribution in [-0.2, 0) is 24.3 Å². The van der Waals surface area contributed by atoms with E-state index in [1.165, 1.54) is 36.5 Å². The van der Waals surface area contributed by atoms with Crippen LogP contribution in [-0.4, -0.2) is 54.2 Å². The van der Waals surface area contributed by atoms with Crippen LogP contribution in [0.4, 0.5) is 5.82 Å². The van der Waals surface area contributed by atoms with Crippen LogP contribution in [0.25, 0.3) is 22.5 Å². The van der Waals surface area contributed by atoms with Gasteiger partial charge in [-0.15, -0.1) is 0 Å². The van der Waals surface area contributed by atoms with Gasteiger partial charge in [-0.2, -0.15) is 0 Å². The number of aromatic nitrogens is 4. The molecule has 36 heavy (non-hydrogen) atoms. The third-order valence-electron chi connectivity index (χ3n) is 5.48. The lowest BCUT2D eigenvalue weighted by Gasteiger charge is -2.12. The van der Waals surface area contributed by atoms with E-state index in [1.807, 2.05) is 0 Å². The normalized spacial score (nSPS) is 13.6. The van der Waals surface area contributed by atoms with E-state index in [0.29, 0.717) is 32.9 Å². The number of ether oxygens (including phenoxy) is 2. The van der Waals surface area contributed by atoms with Crippen molar-refractivity contribution in [3.05, 3.63) is 36.9 Å². The maximum absolute atomic E-state index is 12.7. The molecule has 5 rings (SSSR count). The number of hydrogen-bond donors (Lipinski definition) is 1. The van der Waals surface area contributed by atoms with Crippen molar-refractivity contribution in [3.63, 3.8) is 0 Å². The number of furan rings is 1. The number of benzene rings is 1. The SMILES string of the molecule is CC(C)S(=O)(=O)S(=O)(=O)CCn1c(Sc2cc3c(cc2-c2ccco2)OCO3)nc2c(N)ncnc21. The van der Waals surface area contributed by atoms with E-state index in [1.54, 1.807) is 30.5 Å². The van der Waals surface area contributed by atoms with Crippen molar-refractivity contribution in [2.24, 2.45) is 0 Å². The maximum atomic E-state index is 12.7. The number of aryl methyl sites for hydroxylation is 1. The number of nitrogens with zero attached hydrogens (tertiary/aromatic N) is 4. The summed E-state index contributed by atoms with van der Waals surface area (Å²) in [5.41, 5.74) is 7.25. The molecular weight excluding hydrogens is 530 g/mol. The Balaban J connectivity index is 1.59. The highest BCUT2D eigenvalue weighted by Gasteiger charge is 2.33. The molecule has 0 amide bonds. The first kappa shape index (κ1) is 24.4. The predicted molar refractivity (Wildman–Crippen MR) is 132 cm³/mol. The molecule has 0 radical (unpaired) electrons. The minimum Gasteiger partial charge on any atom is -0.464 e. The average Bonchev–Trinajstić information content (AvgIpc) is 3.57. The molecule has 0 saturated heterocycles. The van der Waals surface area contributed by atoms with Crippen LogP contribution in [0.2, 0.25) is 0 Å². The lowest BCUT2D eigenvalue weighted by Crippen LogP contribution is -2.28. The molecule has 0 fully saturated rings. The van der Waals surface area contributed by atoms with Crippen LogP contribution < -0.4 is 15.2 Å². The fraction of sp³-hybridized carbons (Fsp3) is 0.286. The van der Waals surface area contributed by atoms with E-state index < -0.39 is 28.7 Å². The Labute approximate surface area is 210 Å². The van der Waals surface area contributed by atoms with Crippen LogP contribution in [0, 0.1) is 0 Å². The second-order valence-corrected chi connectivity index (χ2v) is 15.4. The molecule has 2 N–H and O–H groups in total. The number of anilines is 1. The second-order valence-electron chi connectivity index (χ2n) is 8.06. The van der Waals surface area contributed by atoms with E-state index in [9.17, 15) is 16.8 Å². The van der Waals surface area contributed by atoms with Crippen LogP contribution in [0.15, 0.2) is 51.3 Å². The molecule has 4 heterocycles. The molecule has 1 aliphatic rings. The van der Waals surface area contributed by atoms with Gasteiger partial charge in [0, 0.05) is 17.0 Å². The maximum Gasteiger partial charge on any atom is 0.255 e. The molecule has 4 aromatic rings. The molecule has 190 valence electrons. The molecule has 15 heteroatoms. The summed E-state index contributed by atoms with van der Waals surface area (Å²) in [5.74, 6) is 1.10. The fourth-order valence-corrected chi connectivity index (χ4v) is 8.52. The van der Waals surface area contributed by atoms with Crippen molar-refractivity contribution in [1.29, 1.82) is 0 Å². The largest absolute Gasteiger partial charge is 0.464 e. The third-order valence-corrected chi connectivity index (χ3v) is 12.9. The average molecular weight is 552 g/mol. The Bertz CT molecular complexity index is 1660. The number of nitrogen functional groups attached to an aromatic ring is 1. The summed E-state index contributed by atoms with van der Waals surface area (Å²) in [6, 6.07) is 7.09. The molecule has 0 saturated carbocycles. The molecule has 0 atom stereocenters. The van der Waals surface area contributed by atoms with Crippen molar-refractivity contribution in [1.82, 2.24) is 19.5 Å². The van der Waals surface area contributed by atoms with Gasteiger partial charge >= 0.3 is 0 Å². The van der Waals surface area contributed by atoms with Crippen LogP contribution in [0.3, 0.4) is 0 Å². The van der Waals surface area contributed by atoms with E-state index in [-0.39, 0.29) is 30.3 Å². The van der Waals surface area contributed by atoms with Gasteiger partial charge in [-0.25, -0.2) is 31.8 Å². The zero-order valence-corrected chi connectivity index (χ0v) is 21.6. The Morgan fingerprint density at radius 3 is 2.58 bits per heavy atom. The van der Waals surface area contributed by atoms with Crippen molar-refractivity contribution >= 4 is 46.5 Å². The van der Waals surface area contributed by atoms with Gasteiger partial charge in [-0.3, -0.25) is 0 Å². The Morgan fingerprint density at radius 1 is 1.14 bits per heavy atom. The number of nitrogens with two attached hydrogens (primary N) is 1. The zero-order valence-electron chi connectivity index (χ0n) is 19.1. The zero-order chi connectivity index (χ0) is 25.7. The molecule has 0 spiro atoms. The number of imidazole rings is 1. The van der Waals surface area contributed by atoms with Gasteiger partial charge in [-0.05, 0) is 38.1 Å². The Morgan fingerprint density at radius 2 is 1.89 bits per heavy atom. The number of fused-ring (bicyclic) bond motifs is 2. The van der Waals surface area contributed by atoms with Crippen LogP contribution in [0.5, 0.6) is 11.5 Å². The number of hydrogen-bond acceptors (Lipinski definition) is 12. The van der Waals surface area contributed by atoms with Gasteiger partial charge in [0.15, 0.2) is 33.6 Å². The first-order valence-electron chi connectivity index (χ1n) is 10.7. The van der Waals surface area contributed by atoms with Gasteiger partial charge in [0.2, 0.25) is 6.79 Å². The fourth-order valence-electron chi connectivity index (χ4n) is 3.56. The molecule has 1 aliphatic heterocycles. The van der Waals surface area contributed by atoms with Gasteiger partial charge in [0.25, 0.3) is 17.7 Å². The lowest BCUT2D eigenvalue weighted by atomic mass is 10.1. The minimum atomic E-state index is -4.47. The smallest absolute Gasteiger partial charge is 0.255 e. The van der Waals surface area contributed by atoms with Gasteiger partial charge in [-0.1, -0.05) is 11.8 Å². The van der Waals surface area contributed by atoms with Crippen LogP contribution in [0.1, 0.15) is 13.8 Å². The van der Waals surface area contributed by atoms with E-state index in [0.717, 1.165) is 0 Å². The van der Waals surface area contributed by atoms with Crippen molar-refractivity contribution in [2.45, 2.75) is 35.7 Å². The summed E-state index contributed by atoms with van der Waals surface area (Å²) in [4.78, 5) is 13.4. The molecule has 0 unspecified atom stereocenters. The second kappa shape index (κ2) is 8.97. The molecular formula is C21H21N5O7S3. The van der Waals surface area contributed by atoms with Crippen molar-refractivity contribution in [2.75, 3.05) is 18.3 Å². The highest BCUT2D eigenvalue weighted by Crippen LogP contribution is 2.45. The highest BCUT2D eigenvalue weighted by atomic mass is 33.2. The summed E-state index contributed by atoms with van der Waals surface area (Å²) < 4.78 is 68.3. The van der Waals surface area contributed by atoms with E-state index in [2.05, 4.69) is 15.0 Å². The highest BCUT2D eigenvalue weighted by molar-refractivity contribution is 8.67. The standard InChI is InChI=1S/C21H21N5O7S3/c1-12(2)36(29,30)35(27,28)7-5-26-20-18(19(22)23-10-24-20)25-21(26)34-17-9-16-15(32-11-33-16)8-13(17)14-4-3-6-31-14/h3-4,6,8-10,12H,5,7,11H2,1-2H3,(H2,22,23,24). The molecule has 12 nitrogen and oxygen atoms in total. The monoisotopic (exact) mass is 551 g/mol. The molecule has 1 aromatic carbocycles. The first-order chi connectivity index (χ1) is 17.1. The summed E-state index contributed by atoms with van der Waals surface area (Å²) in [6.07, 6.45) is 2.78. The molecule has 0 aliphatic carbocycles. The summed E-state index contributed by atoms with van der Waals surface area (Å²) in [7, 11) is -8.84. The summed E-state index contributed by atoms with van der Waals surface area (Å²) in [6.45, 7) is 2.51. The van der Waals surface area contributed by atoms with Crippen molar-refractivity contribution < 1.29 is 30.7 Å². The Hall–Kier alpha value is -3.30. The van der Waals surface area contributed by atoms with Crippen LogP contribution >= 0.6 is 11.8 Å². The number of rotatable bonds is 8. The quantitative estimate of drug-likeness (QED) is 0.318. The topological polar surface area (TPSA) is 170 Å². The minimum absolute atomic E-state index is 0.0773. The summed E-state index contributed by atoms with van der Waals surface area (Å²) in [5, 5.41) is -0.737. The molecule has 0 bridgehead atoms.